The number of nitrogens with zero attached hydrogens (tertiary/aromatic N) is 1. The summed E-state index contributed by atoms with van der Waals surface area (Å²) >= 11 is 7.00. The van der Waals surface area contributed by atoms with E-state index in [1.54, 1.807) is 16.4 Å². The molecule has 4 nitrogen and oxygen atoms in total. The molecule has 1 fully saturated rings. The number of halogens is 1. The molecule has 0 aliphatic carbocycles. The topological polar surface area (TPSA) is 49.4 Å². The van der Waals surface area contributed by atoms with Crippen LogP contribution >= 0.6 is 22.9 Å². The maximum Gasteiger partial charge on any atom is 0.252 e. The van der Waals surface area contributed by atoms with Gasteiger partial charge in [-0.1, -0.05) is 31.9 Å². The van der Waals surface area contributed by atoms with Crippen LogP contribution in [0.4, 0.5) is 0 Å². The highest BCUT2D eigenvalue weighted by Crippen LogP contribution is 2.31. The van der Waals surface area contributed by atoms with Gasteiger partial charge in [-0.2, -0.15) is 4.31 Å². The van der Waals surface area contributed by atoms with Crippen LogP contribution in [0.25, 0.3) is 0 Å². The summed E-state index contributed by atoms with van der Waals surface area (Å²) in [6.07, 6.45) is 2.93. The van der Waals surface area contributed by atoms with Crippen molar-refractivity contribution in [3.63, 3.8) is 0 Å². The van der Waals surface area contributed by atoms with Gasteiger partial charge in [-0.15, -0.1) is 11.3 Å². The first-order valence-electron chi connectivity index (χ1n) is 6.92. The molecule has 0 bridgehead atoms. The first kappa shape index (κ1) is 16.2. The van der Waals surface area contributed by atoms with Gasteiger partial charge in [0, 0.05) is 25.2 Å². The van der Waals surface area contributed by atoms with Gasteiger partial charge in [0.2, 0.25) is 0 Å². The smallest absolute Gasteiger partial charge is 0.252 e. The van der Waals surface area contributed by atoms with Crippen LogP contribution in [0.5, 0.6) is 0 Å². The largest absolute Gasteiger partial charge is 0.313 e. The summed E-state index contributed by atoms with van der Waals surface area (Å²) in [5, 5.41) is 3.35. The van der Waals surface area contributed by atoms with Crippen molar-refractivity contribution in [2.24, 2.45) is 0 Å². The summed E-state index contributed by atoms with van der Waals surface area (Å²) in [5.41, 5.74) is 0. The molecule has 1 N–H and O–H groups in total. The second kappa shape index (κ2) is 6.75. The molecule has 0 radical (unpaired) electrons. The maximum absolute atomic E-state index is 12.7. The van der Waals surface area contributed by atoms with Crippen LogP contribution in [0.1, 0.15) is 33.1 Å². The van der Waals surface area contributed by atoms with Gasteiger partial charge in [-0.05, 0) is 25.0 Å². The van der Waals surface area contributed by atoms with Gasteiger partial charge in [0.1, 0.15) is 4.21 Å². The third-order valence-corrected chi connectivity index (χ3v) is 7.10. The first-order chi connectivity index (χ1) is 9.41. The fourth-order valence-corrected chi connectivity index (χ4v) is 5.72. The Hall–Kier alpha value is -0.140. The average Bonchev–Trinajstić information content (AvgIpc) is 2.84. The van der Waals surface area contributed by atoms with Gasteiger partial charge in [-0.3, -0.25) is 0 Å². The maximum atomic E-state index is 12.7. The van der Waals surface area contributed by atoms with Crippen LogP contribution in [0.15, 0.2) is 16.3 Å². The molecule has 1 unspecified atom stereocenters. The fraction of sp³-hybridized carbons (Fsp3) is 0.692. The van der Waals surface area contributed by atoms with Crippen LogP contribution in [-0.4, -0.2) is 37.9 Å². The summed E-state index contributed by atoms with van der Waals surface area (Å²) < 4.78 is 27.9. The second-order valence-corrected chi connectivity index (χ2v) is 9.22. The van der Waals surface area contributed by atoms with E-state index in [4.69, 9.17) is 11.6 Å². The molecular weight excluding hydrogens is 316 g/mol. The number of thiophene rings is 1. The summed E-state index contributed by atoms with van der Waals surface area (Å²) in [6.45, 7) is 5.44. The van der Waals surface area contributed by atoms with Crippen molar-refractivity contribution in [1.82, 2.24) is 9.62 Å². The van der Waals surface area contributed by atoms with E-state index in [2.05, 4.69) is 19.2 Å². The highest BCUT2D eigenvalue weighted by atomic mass is 35.5. The molecule has 0 aromatic carbocycles. The lowest BCUT2D eigenvalue weighted by molar-refractivity contribution is 0.242. The van der Waals surface area contributed by atoms with Gasteiger partial charge in [0.25, 0.3) is 10.0 Å². The number of hydrogen-bond donors (Lipinski definition) is 1. The number of sulfonamides is 1. The molecule has 7 heteroatoms. The van der Waals surface area contributed by atoms with E-state index in [9.17, 15) is 8.42 Å². The highest BCUT2D eigenvalue weighted by Gasteiger charge is 2.34. The Morgan fingerprint density at radius 3 is 2.80 bits per heavy atom. The molecule has 1 saturated heterocycles. The zero-order valence-corrected chi connectivity index (χ0v) is 14.2. The summed E-state index contributed by atoms with van der Waals surface area (Å²) in [5.74, 6) is 0. The third kappa shape index (κ3) is 3.74. The molecule has 0 saturated carbocycles. The van der Waals surface area contributed by atoms with Crippen molar-refractivity contribution in [1.29, 1.82) is 0 Å². The van der Waals surface area contributed by atoms with Crippen LogP contribution in [0, 0.1) is 0 Å². The lowest BCUT2D eigenvalue weighted by Gasteiger charge is -2.34. The van der Waals surface area contributed by atoms with E-state index in [-0.39, 0.29) is 6.04 Å². The lowest BCUT2D eigenvalue weighted by Crippen LogP contribution is -2.49. The minimum atomic E-state index is -3.41. The predicted octanol–water partition coefficient (Wildman–Crippen LogP) is 2.94. The lowest BCUT2D eigenvalue weighted by atomic mass is 10.0. The summed E-state index contributed by atoms with van der Waals surface area (Å²) in [6, 6.07) is 3.64. The minimum absolute atomic E-state index is 0.0389. The number of nitrogens with one attached hydrogen (secondary N) is 1. The second-order valence-electron chi connectivity index (χ2n) is 5.39. The van der Waals surface area contributed by atoms with E-state index in [1.807, 2.05) is 0 Å². The normalized spacial score (nSPS) is 21.5. The zero-order valence-electron chi connectivity index (χ0n) is 11.8. The van der Waals surface area contributed by atoms with E-state index >= 15 is 0 Å². The Kier molecular flexibility index (Phi) is 5.48. The standard InChI is InChI=1S/C13H21ClN2O2S2/c1-10(2)15-9-11-5-3-4-8-16(11)20(17,18)13-7-6-12(14)19-13/h6-7,10-11,15H,3-5,8-9H2,1-2H3. The van der Waals surface area contributed by atoms with Crippen molar-refractivity contribution >= 4 is 33.0 Å². The molecule has 1 aliphatic heterocycles. The van der Waals surface area contributed by atoms with E-state index in [0.717, 1.165) is 30.6 Å². The van der Waals surface area contributed by atoms with Crippen LogP contribution in [0.2, 0.25) is 4.34 Å². The third-order valence-electron chi connectivity index (χ3n) is 3.45. The van der Waals surface area contributed by atoms with Gasteiger partial charge < -0.3 is 5.32 Å². The molecule has 2 rings (SSSR count). The monoisotopic (exact) mass is 336 g/mol. The summed E-state index contributed by atoms with van der Waals surface area (Å²) in [7, 11) is -3.41. The minimum Gasteiger partial charge on any atom is -0.313 e. The van der Waals surface area contributed by atoms with Gasteiger partial charge in [0.15, 0.2) is 0 Å². The Morgan fingerprint density at radius 2 is 2.20 bits per heavy atom. The van der Waals surface area contributed by atoms with Crippen LogP contribution < -0.4 is 5.32 Å². The van der Waals surface area contributed by atoms with Crippen molar-refractivity contribution < 1.29 is 8.42 Å². The molecule has 1 atom stereocenters. The molecule has 0 spiro atoms. The number of hydrogen-bond acceptors (Lipinski definition) is 4. The van der Waals surface area contributed by atoms with E-state index < -0.39 is 10.0 Å². The zero-order chi connectivity index (χ0) is 14.8. The Bertz CT molecular complexity index is 542. The molecule has 2 heterocycles. The van der Waals surface area contributed by atoms with Gasteiger partial charge >= 0.3 is 0 Å². The first-order valence-corrected chi connectivity index (χ1v) is 9.55. The molecule has 114 valence electrons. The SMILES string of the molecule is CC(C)NCC1CCCCN1S(=O)(=O)c1ccc(Cl)s1. The predicted molar refractivity (Wildman–Crippen MR) is 84.0 cm³/mol. The fourth-order valence-electron chi connectivity index (χ4n) is 2.42. The molecule has 20 heavy (non-hydrogen) atoms. The van der Waals surface area contributed by atoms with Crippen LogP contribution in [0.3, 0.4) is 0 Å². The van der Waals surface area contributed by atoms with Crippen molar-refractivity contribution in [2.75, 3.05) is 13.1 Å². The van der Waals surface area contributed by atoms with Crippen molar-refractivity contribution in [3.05, 3.63) is 16.5 Å². The molecular formula is C13H21ClN2O2S2. The Labute approximate surface area is 130 Å². The summed E-state index contributed by atoms with van der Waals surface area (Å²) in [4.78, 5) is 0. The number of rotatable bonds is 5. The van der Waals surface area contributed by atoms with Crippen molar-refractivity contribution in [2.45, 2.75) is 49.4 Å². The quantitative estimate of drug-likeness (QED) is 0.899. The molecule has 0 amide bonds. The van der Waals surface area contributed by atoms with E-state index in [1.165, 1.54) is 0 Å². The average molecular weight is 337 g/mol. The molecule has 1 aliphatic rings. The molecule has 1 aromatic heterocycles. The van der Waals surface area contributed by atoms with Gasteiger partial charge in [-0.25, -0.2) is 8.42 Å². The highest BCUT2D eigenvalue weighted by molar-refractivity contribution is 7.91. The Morgan fingerprint density at radius 1 is 1.45 bits per heavy atom. The van der Waals surface area contributed by atoms with Crippen molar-refractivity contribution in [3.8, 4) is 0 Å². The van der Waals surface area contributed by atoms with Gasteiger partial charge in [0.05, 0.1) is 4.34 Å². The van der Waals surface area contributed by atoms with Crippen LogP contribution in [-0.2, 0) is 10.0 Å². The Balaban J connectivity index is 2.18. The molecule has 1 aromatic rings. The number of piperidine rings is 1. The van der Waals surface area contributed by atoms with E-state index in [0.29, 0.717) is 27.7 Å².